The molecule has 0 radical (unpaired) electrons. The van der Waals surface area contributed by atoms with Gasteiger partial charge in [0.05, 0.1) is 17.5 Å². The molecule has 2 aromatic rings. The highest BCUT2D eigenvalue weighted by Gasteiger charge is 2.03. The van der Waals surface area contributed by atoms with E-state index in [2.05, 4.69) is 9.97 Å². The largest absolute Gasteiger partial charge is 0.381 e. The van der Waals surface area contributed by atoms with Crippen LogP contribution in [0.25, 0.3) is 10.2 Å². The number of ether oxygens (including phenoxy) is 1. The number of aromatic nitrogens is 2. The molecule has 0 saturated carbocycles. The Bertz CT molecular complexity index is 397. The summed E-state index contributed by atoms with van der Waals surface area (Å²) in [5.41, 5.74) is 0.987. The number of rotatable bonds is 5. The first kappa shape index (κ1) is 10.9. The second-order valence-corrected chi connectivity index (χ2v) is 5.24. The Balaban J connectivity index is 1.97. The predicted octanol–water partition coefficient (Wildman–Crippen LogP) is 2.82. The Morgan fingerprint density at radius 1 is 1.53 bits per heavy atom. The number of thiazole rings is 1. The van der Waals surface area contributed by atoms with Gasteiger partial charge in [0.15, 0.2) is 4.34 Å². The van der Waals surface area contributed by atoms with Gasteiger partial charge >= 0.3 is 0 Å². The lowest BCUT2D eigenvalue weighted by Crippen LogP contribution is -1.95. The van der Waals surface area contributed by atoms with E-state index in [-0.39, 0.29) is 0 Å². The van der Waals surface area contributed by atoms with Crippen LogP contribution >= 0.6 is 23.1 Å². The van der Waals surface area contributed by atoms with E-state index in [1.165, 1.54) is 4.70 Å². The monoisotopic (exact) mass is 240 g/mol. The van der Waals surface area contributed by atoms with Crippen LogP contribution in [0.15, 0.2) is 22.8 Å². The second kappa shape index (κ2) is 5.44. The molecule has 0 atom stereocenters. The summed E-state index contributed by atoms with van der Waals surface area (Å²) in [5, 5.41) is 0. The Labute approximate surface area is 96.9 Å². The SMILES string of the molecule is CCOCCSc1nc2cnccc2s1. The fourth-order valence-corrected chi connectivity index (χ4v) is 3.11. The minimum atomic E-state index is 0.782. The average molecular weight is 240 g/mol. The maximum Gasteiger partial charge on any atom is 0.151 e. The number of hydrogen-bond acceptors (Lipinski definition) is 5. The first-order valence-corrected chi connectivity index (χ1v) is 6.61. The normalized spacial score (nSPS) is 11.0. The van der Waals surface area contributed by atoms with Crippen LogP contribution in [0.4, 0.5) is 0 Å². The van der Waals surface area contributed by atoms with Crippen molar-refractivity contribution >= 4 is 33.3 Å². The van der Waals surface area contributed by atoms with Gasteiger partial charge in [0.2, 0.25) is 0 Å². The van der Waals surface area contributed by atoms with Crippen molar-refractivity contribution in [2.75, 3.05) is 19.0 Å². The van der Waals surface area contributed by atoms with Gasteiger partial charge in [0.25, 0.3) is 0 Å². The summed E-state index contributed by atoms with van der Waals surface area (Å²) in [7, 11) is 0. The molecule has 0 unspecified atom stereocenters. The second-order valence-electron chi connectivity index (χ2n) is 2.87. The van der Waals surface area contributed by atoms with Crippen LogP contribution in [0.2, 0.25) is 0 Å². The van der Waals surface area contributed by atoms with Crippen LogP contribution in [-0.2, 0) is 4.74 Å². The van der Waals surface area contributed by atoms with E-state index in [4.69, 9.17) is 4.74 Å². The molecule has 0 amide bonds. The number of hydrogen-bond donors (Lipinski definition) is 0. The minimum Gasteiger partial charge on any atom is -0.381 e. The van der Waals surface area contributed by atoms with Crippen molar-refractivity contribution in [2.24, 2.45) is 0 Å². The van der Waals surface area contributed by atoms with Crippen LogP contribution in [0.1, 0.15) is 6.92 Å². The highest BCUT2D eigenvalue weighted by atomic mass is 32.2. The maximum absolute atomic E-state index is 5.27. The zero-order valence-electron chi connectivity index (χ0n) is 8.47. The van der Waals surface area contributed by atoms with Crippen molar-refractivity contribution in [1.29, 1.82) is 0 Å². The fourth-order valence-electron chi connectivity index (χ4n) is 1.15. The van der Waals surface area contributed by atoms with Gasteiger partial charge in [-0.25, -0.2) is 4.98 Å². The summed E-state index contributed by atoms with van der Waals surface area (Å²) in [6.07, 6.45) is 3.60. The number of fused-ring (bicyclic) bond motifs is 1. The fraction of sp³-hybridized carbons (Fsp3) is 0.400. The Morgan fingerprint density at radius 3 is 3.27 bits per heavy atom. The molecule has 80 valence electrons. The zero-order valence-corrected chi connectivity index (χ0v) is 10.1. The molecule has 2 aromatic heterocycles. The Hall–Kier alpha value is -0.650. The first-order chi connectivity index (χ1) is 7.40. The molecular formula is C10H12N2OS2. The van der Waals surface area contributed by atoms with Crippen molar-refractivity contribution in [3.63, 3.8) is 0 Å². The van der Waals surface area contributed by atoms with Crippen molar-refractivity contribution in [2.45, 2.75) is 11.3 Å². The van der Waals surface area contributed by atoms with Crippen LogP contribution in [-0.4, -0.2) is 28.9 Å². The molecule has 0 aliphatic rings. The molecule has 0 aromatic carbocycles. The molecule has 2 heterocycles. The van der Waals surface area contributed by atoms with Crippen molar-refractivity contribution in [1.82, 2.24) is 9.97 Å². The van der Waals surface area contributed by atoms with Crippen LogP contribution in [0.3, 0.4) is 0 Å². The van der Waals surface area contributed by atoms with Gasteiger partial charge in [-0.05, 0) is 13.0 Å². The standard InChI is InChI=1S/C10H12N2OS2/c1-2-13-5-6-14-10-12-8-7-11-4-3-9(8)15-10/h3-4,7H,2,5-6H2,1H3. The third-order valence-corrected chi connectivity index (χ3v) is 3.97. The summed E-state index contributed by atoms with van der Waals surface area (Å²) in [5.74, 6) is 0.959. The molecule has 0 aliphatic heterocycles. The van der Waals surface area contributed by atoms with E-state index < -0.39 is 0 Å². The number of nitrogens with zero attached hydrogens (tertiary/aromatic N) is 2. The van der Waals surface area contributed by atoms with E-state index >= 15 is 0 Å². The van der Waals surface area contributed by atoms with Gasteiger partial charge in [-0.2, -0.15) is 0 Å². The highest BCUT2D eigenvalue weighted by molar-refractivity contribution is 8.01. The molecule has 0 N–H and O–H groups in total. The van der Waals surface area contributed by atoms with E-state index in [1.807, 2.05) is 13.0 Å². The quantitative estimate of drug-likeness (QED) is 0.594. The zero-order chi connectivity index (χ0) is 10.5. The van der Waals surface area contributed by atoms with Gasteiger partial charge < -0.3 is 4.74 Å². The summed E-state index contributed by atoms with van der Waals surface area (Å²) in [6.45, 7) is 3.58. The van der Waals surface area contributed by atoms with Crippen LogP contribution < -0.4 is 0 Å². The number of pyridine rings is 1. The lowest BCUT2D eigenvalue weighted by molar-refractivity contribution is 0.164. The Kier molecular flexibility index (Phi) is 3.94. The molecule has 0 bridgehead atoms. The molecule has 0 saturated heterocycles. The van der Waals surface area contributed by atoms with E-state index in [9.17, 15) is 0 Å². The summed E-state index contributed by atoms with van der Waals surface area (Å²) < 4.78 is 7.57. The highest BCUT2D eigenvalue weighted by Crippen LogP contribution is 2.28. The molecule has 0 aliphatic carbocycles. The van der Waals surface area contributed by atoms with E-state index in [1.54, 1.807) is 35.5 Å². The maximum atomic E-state index is 5.27. The third-order valence-electron chi connectivity index (χ3n) is 1.83. The van der Waals surface area contributed by atoms with Gasteiger partial charge in [-0.3, -0.25) is 4.98 Å². The summed E-state index contributed by atoms with van der Waals surface area (Å²) in [4.78, 5) is 8.52. The molecule has 2 rings (SSSR count). The minimum absolute atomic E-state index is 0.782. The average Bonchev–Trinajstić information content (AvgIpc) is 2.67. The molecule has 0 spiro atoms. The van der Waals surface area contributed by atoms with Gasteiger partial charge in [0, 0.05) is 18.6 Å². The van der Waals surface area contributed by atoms with Crippen LogP contribution in [0, 0.1) is 0 Å². The topological polar surface area (TPSA) is 35.0 Å². The predicted molar refractivity (Wildman–Crippen MR) is 64.6 cm³/mol. The molecule has 5 heteroatoms. The smallest absolute Gasteiger partial charge is 0.151 e. The summed E-state index contributed by atoms with van der Waals surface area (Å²) in [6, 6.07) is 2.00. The van der Waals surface area contributed by atoms with Crippen molar-refractivity contribution < 1.29 is 4.74 Å². The molecular weight excluding hydrogens is 228 g/mol. The lowest BCUT2D eigenvalue weighted by atomic mass is 10.5. The van der Waals surface area contributed by atoms with E-state index in [0.29, 0.717) is 0 Å². The van der Waals surface area contributed by atoms with Gasteiger partial charge in [-0.1, -0.05) is 11.8 Å². The Morgan fingerprint density at radius 2 is 2.47 bits per heavy atom. The molecule has 3 nitrogen and oxygen atoms in total. The first-order valence-electron chi connectivity index (χ1n) is 4.81. The molecule has 15 heavy (non-hydrogen) atoms. The van der Waals surface area contributed by atoms with E-state index in [0.717, 1.165) is 28.8 Å². The van der Waals surface area contributed by atoms with Crippen LogP contribution in [0.5, 0.6) is 0 Å². The van der Waals surface area contributed by atoms with Crippen molar-refractivity contribution in [3.8, 4) is 0 Å². The third kappa shape index (κ3) is 2.90. The lowest BCUT2D eigenvalue weighted by Gasteiger charge is -1.97. The molecule has 0 fully saturated rings. The van der Waals surface area contributed by atoms with Gasteiger partial charge in [-0.15, -0.1) is 11.3 Å². The summed E-state index contributed by atoms with van der Waals surface area (Å²) >= 11 is 3.45. The number of thioether (sulfide) groups is 1. The van der Waals surface area contributed by atoms with Crippen molar-refractivity contribution in [3.05, 3.63) is 18.5 Å². The van der Waals surface area contributed by atoms with Gasteiger partial charge in [0.1, 0.15) is 5.52 Å².